The molecule has 1 aliphatic rings. The molecule has 0 heterocycles. The van der Waals surface area contributed by atoms with E-state index in [2.05, 4.69) is 5.32 Å². The van der Waals surface area contributed by atoms with Crippen LogP contribution in [0.1, 0.15) is 41.3 Å². The predicted octanol–water partition coefficient (Wildman–Crippen LogP) is 5.12. The lowest BCUT2D eigenvalue weighted by Gasteiger charge is -2.25. The van der Waals surface area contributed by atoms with E-state index in [-0.39, 0.29) is 30.3 Å². The quantitative estimate of drug-likeness (QED) is 0.493. The van der Waals surface area contributed by atoms with Gasteiger partial charge in [-0.1, -0.05) is 48.5 Å². The first-order valence-electron chi connectivity index (χ1n) is 11.3. The van der Waals surface area contributed by atoms with Crippen LogP contribution in [0.3, 0.4) is 0 Å². The second-order valence-electron chi connectivity index (χ2n) is 8.25. The number of ether oxygens (including phenoxy) is 1. The molecule has 0 aromatic heterocycles. The number of hydrogen-bond acceptors (Lipinski definition) is 4. The van der Waals surface area contributed by atoms with Crippen molar-refractivity contribution in [3.05, 3.63) is 89.2 Å². The molecule has 35 heavy (non-hydrogen) atoms. The van der Waals surface area contributed by atoms with Gasteiger partial charge in [-0.25, -0.2) is 14.0 Å². The molecule has 2 N–H and O–H groups in total. The summed E-state index contributed by atoms with van der Waals surface area (Å²) in [5.74, 6) is -2.74. The van der Waals surface area contributed by atoms with Crippen molar-refractivity contribution in [2.24, 2.45) is 0 Å². The fourth-order valence-corrected chi connectivity index (χ4v) is 4.39. The molecule has 0 aliphatic heterocycles. The molecule has 3 aromatic carbocycles. The monoisotopic (exact) mass is 476 g/mol. The number of nitrogens with one attached hydrogen (secondary N) is 1. The number of likely N-dealkylation sites (N-methyl/N-ethyl adjacent to an activating group) is 1. The molecule has 180 valence electrons. The third-order valence-electron chi connectivity index (χ3n) is 6.22. The van der Waals surface area contributed by atoms with Crippen LogP contribution in [-0.2, 0) is 9.53 Å². The molecule has 8 heteroatoms. The summed E-state index contributed by atoms with van der Waals surface area (Å²) in [6, 6.07) is 18.4. The van der Waals surface area contributed by atoms with Gasteiger partial charge >= 0.3 is 12.1 Å². The number of amides is 2. The minimum atomic E-state index is -1.16. The van der Waals surface area contributed by atoms with Crippen molar-refractivity contribution in [3.8, 4) is 11.1 Å². The van der Waals surface area contributed by atoms with Crippen molar-refractivity contribution in [2.75, 3.05) is 18.5 Å². The molecular weight excluding hydrogens is 451 g/mol. The Morgan fingerprint density at radius 1 is 1.03 bits per heavy atom. The number of aliphatic carboxylic acids is 1. The molecule has 0 radical (unpaired) electrons. The number of rotatable bonds is 7. The number of carboxylic acids is 1. The van der Waals surface area contributed by atoms with Gasteiger partial charge in [0, 0.05) is 18.0 Å². The van der Waals surface area contributed by atoms with Gasteiger partial charge in [0.05, 0.1) is 5.69 Å². The number of hydrogen-bond donors (Lipinski definition) is 2. The van der Waals surface area contributed by atoms with E-state index in [1.54, 1.807) is 6.92 Å². The fourth-order valence-electron chi connectivity index (χ4n) is 4.39. The average Bonchev–Trinajstić information content (AvgIpc) is 3.18. The fraction of sp³-hybridized carbons (Fsp3) is 0.222. The summed E-state index contributed by atoms with van der Waals surface area (Å²) in [6.07, 6.45) is -0.820. The summed E-state index contributed by atoms with van der Waals surface area (Å²) in [7, 11) is 0. The maximum atomic E-state index is 14.7. The highest BCUT2D eigenvalue weighted by atomic mass is 19.1. The number of carbonyl (C=O) groups excluding carboxylic acids is 2. The summed E-state index contributed by atoms with van der Waals surface area (Å²) in [5.41, 5.74) is 4.16. The molecule has 1 aliphatic carbocycles. The van der Waals surface area contributed by atoms with Crippen LogP contribution in [0.2, 0.25) is 0 Å². The van der Waals surface area contributed by atoms with E-state index in [0.717, 1.165) is 33.2 Å². The molecule has 0 spiro atoms. The number of nitrogens with zero attached hydrogens (tertiary/aromatic N) is 1. The summed E-state index contributed by atoms with van der Waals surface area (Å²) in [6.45, 7) is 3.25. The summed E-state index contributed by atoms with van der Waals surface area (Å²) in [5, 5.41) is 11.6. The first kappa shape index (κ1) is 23.9. The van der Waals surface area contributed by atoms with Gasteiger partial charge in [-0.2, -0.15) is 0 Å². The van der Waals surface area contributed by atoms with Gasteiger partial charge in [-0.15, -0.1) is 0 Å². The third kappa shape index (κ3) is 4.73. The molecule has 7 nitrogen and oxygen atoms in total. The number of benzene rings is 3. The molecule has 3 aromatic rings. The lowest BCUT2D eigenvalue weighted by atomic mass is 9.98. The second-order valence-corrected chi connectivity index (χ2v) is 8.25. The van der Waals surface area contributed by atoms with Crippen LogP contribution in [0.5, 0.6) is 0 Å². The zero-order chi connectivity index (χ0) is 25.1. The van der Waals surface area contributed by atoms with Gasteiger partial charge in [-0.3, -0.25) is 10.1 Å². The van der Waals surface area contributed by atoms with Crippen molar-refractivity contribution in [2.45, 2.75) is 25.8 Å². The minimum Gasteiger partial charge on any atom is -0.480 e. The summed E-state index contributed by atoms with van der Waals surface area (Å²) < 4.78 is 20.1. The number of anilines is 1. The smallest absolute Gasteiger partial charge is 0.411 e. The van der Waals surface area contributed by atoms with E-state index in [9.17, 15) is 23.9 Å². The van der Waals surface area contributed by atoms with Gasteiger partial charge in [0.1, 0.15) is 18.5 Å². The predicted molar refractivity (Wildman–Crippen MR) is 129 cm³/mol. The number of halogens is 1. The molecule has 0 saturated heterocycles. The Hall–Kier alpha value is -4.20. The molecule has 2 amide bonds. The lowest BCUT2D eigenvalue weighted by molar-refractivity contribution is -0.141. The Kier molecular flexibility index (Phi) is 6.82. The second kappa shape index (κ2) is 9.97. The van der Waals surface area contributed by atoms with Crippen LogP contribution in [0.15, 0.2) is 66.7 Å². The first-order valence-corrected chi connectivity index (χ1v) is 11.3. The van der Waals surface area contributed by atoms with Crippen LogP contribution in [0.25, 0.3) is 11.1 Å². The Balaban J connectivity index is 1.43. The first-order chi connectivity index (χ1) is 16.8. The number of carbonyl (C=O) groups is 3. The van der Waals surface area contributed by atoms with Gasteiger partial charge in [0.15, 0.2) is 0 Å². The van der Waals surface area contributed by atoms with Crippen LogP contribution >= 0.6 is 0 Å². The lowest BCUT2D eigenvalue weighted by Crippen LogP contribution is -2.43. The van der Waals surface area contributed by atoms with E-state index in [0.29, 0.717) is 0 Å². The van der Waals surface area contributed by atoms with E-state index in [4.69, 9.17) is 4.74 Å². The Labute approximate surface area is 202 Å². The maximum absolute atomic E-state index is 14.7. The average molecular weight is 477 g/mol. The van der Waals surface area contributed by atoms with Gasteiger partial charge < -0.3 is 14.7 Å². The minimum absolute atomic E-state index is 0.0180. The topological polar surface area (TPSA) is 95.9 Å². The van der Waals surface area contributed by atoms with Gasteiger partial charge in [-0.05, 0) is 54.3 Å². The standard InChI is InChI=1S/C27H25FN2O5/c1-3-30(16(2)26(32)33)25(31)17-12-13-24(23(28)14-17)29-27(34)35-15-22-20-10-6-4-8-18(20)19-9-5-7-11-21(19)22/h4-14,16,22H,3,15H2,1-2H3,(H,29,34)(H,32,33). The van der Waals surface area contributed by atoms with Crippen molar-refractivity contribution < 1.29 is 28.6 Å². The van der Waals surface area contributed by atoms with Crippen LogP contribution < -0.4 is 5.32 Å². The maximum Gasteiger partial charge on any atom is 0.411 e. The van der Waals surface area contributed by atoms with Crippen molar-refractivity contribution in [1.29, 1.82) is 0 Å². The zero-order valence-corrected chi connectivity index (χ0v) is 19.3. The van der Waals surface area contributed by atoms with Crippen LogP contribution in [0.4, 0.5) is 14.9 Å². The van der Waals surface area contributed by atoms with E-state index in [1.807, 2.05) is 48.5 Å². The van der Waals surface area contributed by atoms with E-state index >= 15 is 0 Å². The van der Waals surface area contributed by atoms with Crippen LogP contribution in [0, 0.1) is 5.82 Å². The van der Waals surface area contributed by atoms with Crippen molar-refractivity contribution >= 4 is 23.7 Å². The zero-order valence-electron chi connectivity index (χ0n) is 19.3. The Morgan fingerprint density at radius 2 is 1.63 bits per heavy atom. The molecule has 0 saturated carbocycles. The summed E-state index contributed by atoms with van der Waals surface area (Å²) >= 11 is 0. The number of carboxylic acid groups (broad SMARTS) is 1. The highest BCUT2D eigenvalue weighted by Crippen LogP contribution is 2.44. The molecule has 1 atom stereocenters. The molecule has 1 unspecified atom stereocenters. The van der Waals surface area contributed by atoms with Crippen molar-refractivity contribution in [1.82, 2.24) is 4.90 Å². The van der Waals surface area contributed by atoms with Gasteiger partial charge in [0.2, 0.25) is 0 Å². The Morgan fingerprint density at radius 3 is 2.17 bits per heavy atom. The number of fused-ring (bicyclic) bond motifs is 3. The SMILES string of the molecule is CCN(C(=O)c1ccc(NC(=O)OCC2c3ccccc3-c3ccccc32)c(F)c1)C(C)C(=O)O. The molecule has 0 fully saturated rings. The highest BCUT2D eigenvalue weighted by molar-refractivity contribution is 5.97. The Bertz CT molecular complexity index is 1250. The summed E-state index contributed by atoms with van der Waals surface area (Å²) in [4.78, 5) is 37.4. The van der Waals surface area contributed by atoms with Crippen molar-refractivity contribution in [3.63, 3.8) is 0 Å². The van der Waals surface area contributed by atoms with Crippen LogP contribution in [-0.4, -0.2) is 47.2 Å². The molecular formula is C27H25FN2O5. The third-order valence-corrected chi connectivity index (χ3v) is 6.22. The molecule has 0 bridgehead atoms. The van der Waals surface area contributed by atoms with E-state index in [1.165, 1.54) is 19.1 Å². The van der Waals surface area contributed by atoms with E-state index < -0.39 is 29.8 Å². The largest absolute Gasteiger partial charge is 0.480 e. The van der Waals surface area contributed by atoms with Gasteiger partial charge in [0.25, 0.3) is 5.91 Å². The molecule has 4 rings (SSSR count). The normalized spacial score (nSPS) is 12.9. The highest BCUT2D eigenvalue weighted by Gasteiger charge is 2.29.